The molecule has 0 radical (unpaired) electrons. The maximum atomic E-state index is 14.0. The number of carbonyl (C=O) groups is 1. The summed E-state index contributed by atoms with van der Waals surface area (Å²) in [6, 6.07) is 8.44. The normalized spacial score (nSPS) is 13.1. The molecule has 3 rings (SSSR count). The SMILES string of the molecule is O=C(NCc1ccccc1F)c1cc2c(cc1F)COB2O. The van der Waals surface area contributed by atoms with E-state index in [0.29, 0.717) is 16.6 Å². The fourth-order valence-electron chi connectivity index (χ4n) is 2.33. The molecule has 0 aromatic heterocycles. The van der Waals surface area contributed by atoms with Gasteiger partial charge in [0.1, 0.15) is 11.6 Å². The number of fused-ring (bicyclic) bond motifs is 1. The van der Waals surface area contributed by atoms with Gasteiger partial charge in [0.25, 0.3) is 5.91 Å². The van der Waals surface area contributed by atoms with Crippen LogP contribution in [0.15, 0.2) is 36.4 Å². The number of amides is 1. The fraction of sp³-hybridized carbons (Fsp3) is 0.133. The standard InChI is InChI=1S/C15H12BF2NO3/c17-13-4-2-1-3-9(13)7-19-15(20)11-6-12-10(5-14(11)18)8-22-16(12)21/h1-6,21H,7-8H2,(H,19,20). The molecule has 0 spiro atoms. The highest BCUT2D eigenvalue weighted by molar-refractivity contribution is 6.61. The summed E-state index contributed by atoms with van der Waals surface area (Å²) in [5, 5.41) is 12.1. The molecule has 2 aromatic rings. The van der Waals surface area contributed by atoms with Crippen molar-refractivity contribution >= 4 is 18.5 Å². The summed E-state index contributed by atoms with van der Waals surface area (Å²) in [5.41, 5.74) is 0.980. The van der Waals surface area contributed by atoms with E-state index < -0.39 is 24.7 Å². The van der Waals surface area contributed by atoms with E-state index in [1.165, 1.54) is 24.3 Å². The van der Waals surface area contributed by atoms with E-state index >= 15 is 0 Å². The van der Waals surface area contributed by atoms with Crippen molar-refractivity contribution in [3.63, 3.8) is 0 Å². The van der Waals surface area contributed by atoms with Crippen LogP contribution >= 0.6 is 0 Å². The van der Waals surface area contributed by atoms with Gasteiger partial charge >= 0.3 is 7.12 Å². The van der Waals surface area contributed by atoms with Gasteiger partial charge in [-0.25, -0.2) is 8.78 Å². The molecule has 0 bridgehead atoms. The number of hydrogen-bond donors (Lipinski definition) is 2. The lowest BCUT2D eigenvalue weighted by Crippen LogP contribution is -2.31. The highest BCUT2D eigenvalue weighted by atomic mass is 19.1. The van der Waals surface area contributed by atoms with Crippen molar-refractivity contribution in [2.75, 3.05) is 0 Å². The van der Waals surface area contributed by atoms with E-state index in [0.717, 1.165) is 0 Å². The van der Waals surface area contributed by atoms with Crippen LogP contribution in [0.3, 0.4) is 0 Å². The summed E-state index contributed by atoms with van der Waals surface area (Å²) in [6.45, 7) is 0.0473. The summed E-state index contributed by atoms with van der Waals surface area (Å²) in [5.74, 6) is -1.83. The predicted molar refractivity (Wildman–Crippen MR) is 76.4 cm³/mol. The molecule has 2 aromatic carbocycles. The quantitative estimate of drug-likeness (QED) is 0.835. The summed E-state index contributed by atoms with van der Waals surface area (Å²) >= 11 is 0. The Morgan fingerprint density at radius 2 is 2.05 bits per heavy atom. The van der Waals surface area contributed by atoms with Crippen molar-refractivity contribution in [3.8, 4) is 0 Å². The Morgan fingerprint density at radius 1 is 1.27 bits per heavy atom. The first-order chi connectivity index (χ1) is 10.6. The van der Waals surface area contributed by atoms with Crippen molar-refractivity contribution in [3.05, 3.63) is 64.7 Å². The van der Waals surface area contributed by atoms with Gasteiger partial charge in [0, 0.05) is 12.1 Å². The minimum atomic E-state index is -1.16. The number of hydrogen-bond acceptors (Lipinski definition) is 3. The van der Waals surface area contributed by atoms with E-state index in [1.54, 1.807) is 12.1 Å². The number of benzene rings is 2. The average molecular weight is 303 g/mol. The number of rotatable bonds is 3. The third kappa shape index (κ3) is 2.73. The van der Waals surface area contributed by atoms with Gasteiger partial charge in [0.2, 0.25) is 0 Å². The molecule has 112 valence electrons. The molecule has 1 aliphatic rings. The van der Waals surface area contributed by atoms with Crippen LogP contribution in [0.2, 0.25) is 0 Å². The molecule has 1 aliphatic heterocycles. The smallest absolute Gasteiger partial charge is 0.423 e. The highest BCUT2D eigenvalue weighted by Crippen LogP contribution is 2.15. The first kappa shape index (κ1) is 14.7. The zero-order valence-electron chi connectivity index (χ0n) is 11.5. The van der Waals surface area contributed by atoms with Gasteiger partial charge in [-0.15, -0.1) is 0 Å². The van der Waals surface area contributed by atoms with Gasteiger partial charge in [-0.1, -0.05) is 18.2 Å². The van der Waals surface area contributed by atoms with Gasteiger partial charge in [-0.2, -0.15) is 0 Å². The molecule has 0 fully saturated rings. The second kappa shape index (κ2) is 5.86. The molecule has 7 heteroatoms. The Hall–Kier alpha value is -2.25. The lowest BCUT2D eigenvalue weighted by molar-refractivity contribution is 0.0946. The lowest BCUT2D eigenvalue weighted by Gasteiger charge is -2.09. The van der Waals surface area contributed by atoms with Crippen molar-refractivity contribution in [1.82, 2.24) is 5.32 Å². The summed E-state index contributed by atoms with van der Waals surface area (Å²) in [4.78, 5) is 12.1. The molecule has 0 saturated carbocycles. The largest absolute Gasteiger partial charge is 0.491 e. The Morgan fingerprint density at radius 3 is 2.82 bits per heavy atom. The third-order valence-electron chi connectivity index (χ3n) is 3.53. The lowest BCUT2D eigenvalue weighted by atomic mass is 9.78. The van der Waals surface area contributed by atoms with Gasteiger partial charge in [-0.3, -0.25) is 4.79 Å². The highest BCUT2D eigenvalue weighted by Gasteiger charge is 2.29. The molecule has 0 unspecified atom stereocenters. The summed E-state index contributed by atoms with van der Waals surface area (Å²) < 4.78 is 32.4. The molecule has 0 aliphatic carbocycles. The van der Waals surface area contributed by atoms with Crippen LogP contribution in [-0.4, -0.2) is 18.0 Å². The summed E-state index contributed by atoms with van der Waals surface area (Å²) in [6.07, 6.45) is 0. The van der Waals surface area contributed by atoms with Crippen LogP contribution in [0.5, 0.6) is 0 Å². The van der Waals surface area contributed by atoms with Crippen molar-refractivity contribution in [1.29, 1.82) is 0 Å². The van der Waals surface area contributed by atoms with Gasteiger partial charge in [0.15, 0.2) is 0 Å². The Kier molecular flexibility index (Phi) is 3.91. The Balaban J connectivity index is 1.78. The number of carbonyl (C=O) groups excluding carboxylic acids is 1. The van der Waals surface area contributed by atoms with E-state index in [2.05, 4.69) is 5.32 Å². The van der Waals surface area contributed by atoms with Crippen molar-refractivity contribution in [2.24, 2.45) is 0 Å². The Labute approximate surface area is 125 Å². The van der Waals surface area contributed by atoms with E-state index in [4.69, 9.17) is 4.65 Å². The number of halogens is 2. The molecule has 1 amide bonds. The average Bonchev–Trinajstić information content (AvgIpc) is 2.86. The van der Waals surface area contributed by atoms with Gasteiger partial charge in [-0.05, 0) is 29.2 Å². The molecular formula is C15H12BF2NO3. The van der Waals surface area contributed by atoms with E-state index in [1.807, 2.05) is 0 Å². The molecule has 22 heavy (non-hydrogen) atoms. The van der Waals surface area contributed by atoms with Crippen LogP contribution in [0.25, 0.3) is 0 Å². The maximum absolute atomic E-state index is 14.0. The van der Waals surface area contributed by atoms with E-state index in [-0.39, 0.29) is 18.7 Å². The minimum Gasteiger partial charge on any atom is -0.423 e. The molecule has 0 saturated heterocycles. The van der Waals surface area contributed by atoms with Crippen LogP contribution < -0.4 is 10.8 Å². The van der Waals surface area contributed by atoms with Crippen molar-refractivity contribution in [2.45, 2.75) is 13.2 Å². The monoisotopic (exact) mass is 303 g/mol. The maximum Gasteiger partial charge on any atom is 0.491 e. The van der Waals surface area contributed by atoms with Crippen LogP contribution in [0.4, 0.5) is 8.78 Å². The fourth-order valence-corrected chi connectivity index (χ4v) is 2.33. The van der Waals surface area contributed by atoms with Crippen LogP contribution in [0.1, 0.15) is 21.5 Å². The van der Waals surface area contributed by atoms with Gasteiger partial charge in [0.05, 0.1) is 12.2 Å². The molecule has 0 atom stereocenters. The first-order valence-electron chi connectivity index (χ1n) is 6.70. The minimum absolute atomic E-state index is 0.0545. The molecule has 4 nitrogen and oxygen atoms in total. The second-order valence-electron chi connectivity index (χ2n) is 4.97. The third-order valence-corrected chi connectivity index (χ3v) is 3.53. The predicted octanol–water partition coefficient (Wildman–Crippen LogP) is 1.11. The summed E-state index contributed by atoms with van der Waals surface area (Å²) in [7, 11) is -1.16. The van der Waals surface area contributed by atoms with Gasteiger partial charge < -0.3 is 15.0 Å². The molecular weight excluding hydrogens is 291 g/mol. The van der Waals surface area contributed by atoms with Crippen molar-refractivity contribution < 1.29 is 23.3 Å². The van der Waals surface area contributed by atoms with Crippen LogP contribution in [-0.2, 0) is 17.8 Å². The zero-order chi connectivity index (χ0) is 15.7. The second-order valence-corrected chi connectivity index (χ2v) is 4.97. The Bertz CT molecular complexity index is 739. The number of nitrogens with one attached hydrogen (secondary N) is 1. The van der Waals surface area contributed by atoms with E-state index in [9.17, 15) is 18.6 Å². The van der Waals surface area contributed by atoms with Crippen LogP contribution in [0, 0.1) is 11.6 Å². The zero-order valence-corrected chi connectivity index (χ0v) is 11.5. The molecule has 2 N–H and O–H groups in total. The molecule has 1 heterocycles. The topological polar surface area (TPSA) is 58.6 Å². The first-order valence-corrected chi connectivity index (χ1v) is 6.70.